The van der Waals surface area contributed by atoms with Crippen molar-refractivity contribution in [3.05, 3.63) is 64.7 Å². The van der Waals surface area contributed by atoms with Crippen molar-refractivity contribution in [2.75, 3.05) is 5.75 Å². The maximum absolute atomic E-state index is 6.24. The van der Waals surface area contributed by atoms with E-state index in [9.17, 15) is 0 Å². The first-order valence-corrected chi connectivity index (χ1v) is 8.63. The average Bonchev–Trinajstić information content (AvgIpc) is 2.46. The van der Waals surface area contributed by atoms with Crippen molar-refractivity contribution in [2.45, 2.75) is 37.1 Å². The summed E-state index contributed by atoms with van der Waals surface area (Å²) in [7, 11) is 0. The molecule has 0 saturated carbocycles. The van der Waals surface area contributed by atoms with Crippen LogP contribution < -0.4 is 5.73 Å². The second-order valence-corrected chi connectivity index (χ2v) is 7.16. The molecule has 0 spiro atoms. The molecule has 0 fully saturated rings. The van der Waals surface area contributed by atoms with Gasteiger partial charge < -0.3 is 5.73 Å². The smallest absolute Gasteiger partial charge is 0.0417 e. The number of hydrogen-bond donors (Lipinski definition) is 1. The summed E-state index contributed by atoms with van der Waals surface area (Å²) in [6, 6.07) is 16.9. The molecule has 1 atom stereocenters. The Morgan fingerprint density at radius 3 is 2.43 bits per heavy atom. The Morgan fingerprint density at radius 2 is 1.81 bits per heavy atom. The van der Waals surface area contributed by atoms with E-state index in [1.54, 1.807) is 11.8 Å². The van der Waals surface area contributed by atoms with Gasteiger partial charge in [0.05, 0.1) is 0 Å². The van der Waals surface area contributed by atoms with Gasteiger partial charge in [0.25, 0.3) is 0 Å². The van der Waals surface area contributed by atoms with Crippen LogP contribution in [0.3, 0.4) is 0 Å². The minimum Gasteiger partial charge on any atom is -0.327 e. The van der Waals surface area contributed by atoms with Crippen molar-refractivity contribution in [1.82, 2.24) is 0 Å². The highest BCUT2D eigenvalue weighted by Crippen LogP contribution is 2.23. The molecule has 1 nitrogen and oxygen atoms in total. The van der Waals surface area contributed by atoms with E-state index in [0.717, 1.165) is 17.2 Å². The summed E-state index contributed by atoms with van der Waals surface area (Å²) >= 11 is 7.75. The molecular formula is C18H22ClNS. The normalized spacial score (nSPS) is 12.6. The molecule has 2 aromatic carbocycles. The first-order chi connectivity index (χ1) is 10.0. The minimum absolute atomic E-state index is 0.152. The molecule has 0 amide bonds. The van der Waals surface area contributed by atoms with Crippen LogP contribution in [-0.2, 0) is 6.42 Å². The summed E-state index contributed by atoms with van der Waals surface area (Å²) in [5.74, 6) is 1.47. The van der Waals surface area contributed by atoms with Gasteiger partial charge in [0.15, 0.2) is 0 Å². The first kappa shape index (κ1) is 16.4. The Morgan fingerprint density at radius 1 is 1.10 bits per heavy atom. The highest BCUT2D eigenvalue weighted by atomic mass is 35.5. The first-order valence-electron chi connectivity index (χ1n) is 7.27. The van der Waals surface area contributed by atoms with Gasteiger partial charge in [0.2, 0.25) is 0 Å². The molecular weight excluding hydrogens is 298 g/mol. The van der Waals surface area contributed by atoms with Gasteiger partial charge in [-0.25, -0.2) is 0 Å². The predicted octanol–water partition coefficient (Wildman–Crippen LogP) is 5.13. The summed E-state index contributed by atoms with van der Waals surface area (Å²) in [5.41, 5.74) is 8.92. The summed E-state index contributed by atoms with van der Waals surface area (Å²) in [4.78, 5) is 1.17. The van der Waals surface area contributed by atoms with Gasteiger partial charge in [0.1, 0.15) is 0 Å². The molecule has 0 saturated heterocycles. The van der Waals surface area contributed by atoms with Crippen molar-refractivity contribution >= 4 is 23.4 Å². The maximum atomic E-state index is 6.24. The van der Waals surface area contributed by atoms with Gasteiger partial charge in [-0.15, -0.1) is 11.8 Å². The highest BCUT2D eigenvalue weighted by Gasteiger charge is 2.06. The van der Waals surface area contributed by atoms with E-state index in [1.807, 2.05) is 18.2 Å². The number of benzene rings is 2. The van der Waals surface area contributed by atoms with E-state index < -0.39 is 0 Å². The van der Waals surface area contributed by atoms with Gasteiger partial charge in [-0.05, 0) is 41.7 Å². The van der Waals surface area contributed by atoms with E-state index in [0.29, 0.717) is 5.92 Å². The summed E-state index contributed by atoms with van der Waals surface area (Å²) in [5, 5.41) is 0.776. The van der Waals surface area contributed by atoms with Crippen LogP contribution in [0.4, 0.5) is 0 Å². The van der Waals surface area contributed by atoms with E-state index in [-0.39, 0.29) is 6.04 Å². The molecule has 3 heteroatoms. The lowest BCUT2D eigenvalue weighted by Gasteiger charge is -2.12. The minimum atomic E-state index is 0.152. The Hall–Kier alpha value is -0.960. The zero-order chi connectivity index (χ0) is 15.2. The quantitative estimate of drug-likeness (QED) is 0.747. The average molecular weight is 320 g/mol. The largest absolute Gasteiger partial charge is 0.327 e. The van der Waals surface area contributed by atoms with Crippen LogP contribution in [0, 0.1) is 0 Å². The van der Waals surface area contributed by atoms with Crippen LogP contribution in [0.1, 0.15) is 30.9 Å². The monoisotopic (exact) mass is 319 g/mol. The van der Waals surface area contributed by atoms with E-state index >= 15 is 0 Å². The van der Waals surface area contributed by atoms with Crippen molar-refractivity contribution < 1.29 is 0 Å². The number of halogens is 1. The van der Waals surface area contributed by atoms with Gasteiger partial charge in [-0.1, -0.05) is 55.8 Å². The van der Waals surface area contributed by atoms with Crippen LogP contribution >= 0.6 is 23.4 Å². The van der Waals surface area contributed by atoms with Crippen LogP contribution in [0.25, 0.3) is 0 Å². The van der Waals surface area contributed by atoms with Crippen molar-refractivity contribution in [2.24, 2.45) is 5.73 Å². The highest BCUT2D eigenvalue weighted by molar-refractivity contribution is 7.99. The van der Waals surface area contributed by atoms with Crippen molar-refractivity contribution in [3.8, 4) is 0 Å². The molecule has 2 N–H and O–H groups in total. The standard InChI is InChI=1S/C18H22ClNS/c1-13(2)15-8-6-14(7-9-15)10-17(20)12-21-18-5-3-4-16(19)11-18/h3-9,11,13,17H,10,12,20H2,1-2H3. The Bertz CT molecular complexity index is 566. The lowest BCUT2D eigenvalue weighted by atomic mass is 10.00. The fourth-order valence-corrected chi connectivity index (χ4v) is 3.32. The number of nitrogens with two attached hydrogens (primary N) is 1. The molecule has 0 heterocycles. The van der Waals surface area contributed by atoms with Crippen LogP contribution in [0.2, 0.25) is 5.02 Å². The van der Waals surface area contributed by atoms with E-state index in [2.05, 4.69) is 44.2 Å². The number of thioether (sulfide) groups is 1. The molecule has 2 aromatic rings. The van der Waals surface area contributed by atoms with Crippen molar-refractivity contribution in [1.29, 1.82) is 0 Å². The summed E-state index contributed by atoms with van der Waals surface area (Å²) in [6.07, 6.45) is 0.909. The second-order valence-electron chi connectivity index (χ2n) is 5.63. The SMILES string of the molecule is CC(C)c1ccc(CC(N)CSc2cccc(Cl)c2)cc1. The molecule has 0 bridgehead atoms. The molecule has 0 aliphatic heterocycles. The zero-order valence-electron chi connectivity index (χ0n) is 12.6. The summed E-state index contributed by atoms with van der Waals surface area (Å²) < 4.78 is 0. The molecule has 0 aliphatic rings. The van der Waals surface area contributed by atoms with Gasteiger partial charge >= 0.3 is 0 Å². The molecule has 0 radical (unpaired) electrons. The van der Waals surface area contributed by atoms with Crippen LogP contribution in [0.15, 0.2) is 53.4 Å². The molecule has 21 heavy (non-hydrogen) atoms. The molecule has 112 valence electrons. The second kappa shape index (κ2) is 7.88. The third-order valence-corrected chi connectivity index (χ3v) is 4.82. The van der Waals surface area contributed by atoms with Crippen LogP contribution in [-0.4, -0.2) is 11.8 Å². The van der Waals surface area contributed by atoms with Gasteiger partial charge in [0, 0.05) is 21.7 Å². The zero-order valence-corrected chi connectivity index (χ0v) is 14.1. The Balaban J connectivity index is 1.85. The Labute approximate surface area is 136 Å². The molecule has 1 unspecified atom stereocenters. The predicted molar refractivity (Wildman–Crippen MR) is 94.4 cm³/mol. The lowest BCUT2D eigenvalue weighted by Crippen LogP contribution is -2.25. The fourth-order valence-electron chi connectivity index (χ4n) is 2.16. The third-order valence-electron chi connectivity index (χ3n) is 3.40. The number of hydrogen-bond acceptors (Lipinski definition) is 2. The Kier molecular flexibility index (Phi) is 6.16. The summed E-state index contributed by atoms with van der Waals surface area (Å²) in [6.45, 7) is 4.42. The molecule has 0 aromatic heterocycles. The third kappa shape index (κ3) is 5.39. The molecule has 0 aliphatic carbocycles. The fraction of sp³-hybridized carbons (Fsp3) is 0.333. The van der Waals surface area contributed by atoms with Gasteiger partial charge in [-0.3, -0.25) is 0 Å². The van der Waals surface area contributed by atoms with E-state index in [4.69, 9.17) is 17.3 Å². The van der Waals surface area contributed by atoms with Gasteiger partial charge in [-0.2, -0.15) is 0 Å². The van der Waals surface area contributed by atoms with Crippen LogP contribution in [0.5, 0.6) is 0 Å². The topological polar surface area (TPSA) is 26.0 Å². The maximum Gasteiger partial charge on any atom is 0.0417 e. The molecule has 2 rings (SSSR count). The van der Waals surface area contributed by atoms with E-state index in [1.165, 1.54) is 16.0 Å². The number of rotatable bonds is 6. The van der Waals surface area contributed by atoms with Crippen molar-refractivity contribution in [3.63, 3.8) is 0 Å². The lowest BCUT2D eigenvalue weighted by molar-refractivity contribution is 0.747.